The lowest BCUT2D eigenvalue weighted by molar-refractivity contribution is -0.123. The first kappa shape index (κ1) is 19.8. The average molecular weight is 421 g/mol. The molecule has 0 heterocycles. The predicted octanol–water partition coefficient (Wildman–Crippen LogP) is 3.61. The highest BCUT2D eigenvalue weighted by Gasteiger charge is 2.08. The number of aryl methyl sites for hydroxylation is 2. The van der Waals surface area contributed by atoms with Crippen LogP contribution in [0.25, 0.3) is 0 Å². The number of hydrogen-bond acceptors (Lipinski definition) is 5. The van der Waals surface area contributed by atoms with Crippen molar-refractivity contribution in [3.8, 4) is 17.2 Å². The molecule has 138 valence electrons. The van der Waals surface area contributed by atoms with E-state index >= 15 is 0 Å². The lowest BCUT2D eigenvalue weighted by Gasteiger charge is -2.12. The molecule has 0 radical (unpaired) electrons. The van der Waals surface area contributed by atoms with Crippen LogP contribution in [-0.2, 0) is 4.79 Å². The van der Waals surface area contributed by atoms with Gasteiger partial charge >= 0.3 is 0 Å². The molecule has 0 atom stereocenters. The number of nitrogens with one attached hydrogen (secondary N) is 1. The lowest BCUT2D eigenvalue weighted by atomic mass is 10.1. The van der Waals surface area contributed by atoms with Crippen LogP contribution in [0, 0.1) is 13.8 Å². The number of hydrazone groups is 1. The average Bonchev–Trinajstić information content (AvgIpc) is 2.61. The topological polar surface area (TPSA) is 69.2 Å². The van der Waals surface area contributed by atoms with Crippen molar-refractivity contribution >= 4 is 28.1 Å². The van der Waals surface area contributed by atoms with Crippen LogP contribution in [0.1, 0.15) is 16.7 Å². The van der Waals surface area contributed by atoms with Gasteiger partial charge in [-0.3, -0.25) is 4.79 Å². The second-order valence-electron chi connectivity index (χ2n) is 5.56. The molecule has 1 amide bonds. The van der Waals surface area contributed by atoms with Crippen molar-refractivity contribution in [2.45, 2.75) is 13.8 Å². The van der Waals surface area contributed by atoms with Crippen LogP contribution in [-0.4, -0.2) is 32.9 Å². The third-order valence-electron chi connectivity index (χ3n) is 3.61. The molecule has 0 aliphatic heterocycles. The zero-order valence-electron chi connectivity index (χ0n) is 15.1. The fourth-order valence-corrected chi connectivity index (χ4v) is 3.08. The van der Waals surface area contributed by atoms with Gasteiger partial charge in [-0.05, 0) is 49.2 Å². The van der Waals surface area contributed by atoms with Gasteiger partial charge in [-0.1, -0.05) is 15.9 Å². The highest BCUT2D eigenvalue weighted by molar-refractivity contribution is 9.10. The molecule has 0 aliphatic rings. The maximum atomic E-state index is 11.9. The number of methoxy groups -OCH3 is 2. The van der Waals surface area contributed by atoms with Crippen molar-refractivity contribution in [1.29, 1.82) is 0 Å². The molecule has 0 bridgehead atoms. The largest absolute Gasteiger partial charge is 0.497 e. The van der Waals surface area contributed by atoms with Crippen LogP contribution in [0.4, 0.5) is 0 Å². The minimum absolute atomic E-state index is 0.125. The number of ether oxygens (including phenoxy) is 3. The van der Waals surface area contributed by atoms with Crippen molar-refractivity contribution in [3.63, 3.8) is 0 Å². The number of carbonyl (C=O) groups excluding carboxylic acids is 1. The standard InChI is InChI=1S/C19H21BrN2O4/c1-12-7-15(20)8-13(2)19(12)26-11-18(23)22-21-10-14-5-6-16(24-3)9-17(14)25-4/h5-10H,11H2,1-4H3,(H,22,23)/b21-10+. The maximum absolute atomic E-state index is 11.9. The van der Waals surface area contributed by atoms with Crippen molar-refractivity contribution in [1.82, 2.24) is 5.43 Å². The van der Waals surface area contributed by atoms with Gasteiger partial charge in [0.1, 0.15) is 17.2 Å². The number of rotatable bonds is 7. The Morgan fingerprint density at radius 3 is 2.46 bits per heavy atom. The smallest absolute Gasteiger partial charge is 0.277 e. The molecule has 7 heteroatoms. The predicted molar refractivity (Wildman–Crippen MR) is 104 cm³/mol. The Bertz CT molecular complexity index is 798. The molecule has 0 aliphatic carbocycles. The summed E-state index contributed by atoms with van der Waals surface area (Å²) in [4.78, 5) is 11.9. The van der Waals surface area contributed by atoms with Gasteiger partial charge in [0, 0.05) is 16.1 Å². The number of halogens is 1. The van der Waals surface area contributed by atoms with Gasteiger partial charge in [0.05, 0.1) is 20.4 Å². The van der Waals surface area contributed by atoms with E-state index in [9.17, 15) is 4.79 Å². The van der Waals surface area contributed by atoms with E-state index in [1.165, 1.54) is 6.21 Å². The van der Waals surface area contributed by atoms with Gasteiger partial charge < -0.3 is 14.2 Å². The molecule has 2 aromatic carbocycles. The molecule has 6 nitrogen and oxygen atoms in total. The van der Waals surface area contributed by atoms with E-state index < -0.39 is 0 Å². The van der Waals surface area contributed by atoms with E-state index in [0.29, 0.717) is 22.8 Å². The number of benzene rings is 2. The summed E-state index contributed by atoms with van der Waals surface area (Å²) in [5, 5.41) is 3.94. The van der Waals surface area contributed by atoms with Gasteiger partial charge in [-0.25, -0.2) is 5.43 Å². The number of nitrogens with zero attached hydrogens (tertiary/aromatic N) is 1. The van der Waals surface area contributed by atoms with Gasteiger partial charge in [0.25, 0.3) is 5.91 Å². The highest BCUT2D eigenvalue weighted by Crippen LogP contribution is 2.27. The normalized spacial score (nSPS) is 10.7. The fourth-order valence-electron chi connectivity index (χ4n) is 2.39. The molecule has 26 heavy (non-hydrogen) atoms. The van der Waals surface area contributed by atoms with Crippen molar-refractivity contribution < 1.29 is 19.0 Å². The molecule has 0 saturated carbocycles. The zero-order valence-corrected chi connectivity index (χ0v) is 16.7. The van der Waals surface area contributed by atoms with Gasteiger partial charge in [0.15, 0.2) is 6.61 Å². The van der Waals surface area contributed by atoms with Crippen LogP contribution in [0.5, 0.6) is 17.2 Å². The fraction of sp³-hybridized carbons (Fsp3) is 0.263. The highest BCUT2D eigenvalue weighted by atomic mass is 79.9. The summed E-state index contributed by atoms with van der Waals surface area (Å²) in [5.74, 6) is 1.62. The first-order valence-electron chi connectivity index (χ1n) is 7.88. The molecule has 2 aromatic rings. The molecular formula is C19H21BrN2O4. The Balaban J connectivity index is 1.94. The molecule has 0 saturated heterocycles. The summed E-state index contributed by atoms with van der Waals surface area (Å²) in [5.41, 5.74) is 5.07. The van der Waals surface area contributed by atoms with E-state index in [4.69, 9.17) is 14.2 Å². The number of carbonyl (C=O) groups is 1. The molecule has 1 N–H and O–H groups in total. The molecule has 0 unspecified atom stereocenters. The number of hydrogen-bond donors (Lipinski definition) is 1. The molecule has 0 aromatic heterocycles. The first-order valence-corrected chi connectivity index (χ1v) is 8.67. The minimum atomic E-state index is -0.351. The maximum Gasteiger partial charge on any atom is 0.277 e. The summed E-state index contributed by atoms with van der Waals surface area (Å²) >= 11 is 3.43. The Kier molecular flexibility index (Phi) is 7.03. The van der Waals surface area contributed by atoms with E-state index in [-0.39, 0.29) is 12.5 Å². The van der Waals surface area contributed by atoms with E-state index in [1.54, 1.807) is 32.4 Å². The summed E-state index contributed by atoms with van der Waals surface area (Å²) in [7, 11) is 3.14. The summed E-state index contributed by atoms with van der Waals surface area (Å²) in [6.07, 6.45) is 1.51. The quantitative estimate of drug-likeness (QED) is 0.548. The summed E-state index contributed by atoms with van der Waals surface area (Å²) in [6, 6.07) is 9.19. The molecule has 0 spiro atoms. The molecular weight excluding hydrogens is 400 g/mol. The lowest BCUT2D eigenvalue weighted by Crippen LogP contribution is -2.25. The van der Waals surface area contributed by atoms with Crippen LogP contribution in [0.15, 0.2) is 39.9 Å². The number of amides is 1. The van der Waals surface area contributed by atoms with E-state index in [0.717, 1.165) is 15.6 Å². The van der Waals surface area contributed by atoms with Crippen LogP contribution >= 0.6 is 15.9 Å². The summed E-state index contributed by atoms with van der Waals surface area (Å²) < 4.78 is 17.0. The third kappa shape index (κ3) is 5.23. The van der Waals surface area contributed by atoms with Crippen LogP contribution in [0.2, 0.25) is 0 Å². The van der Waals surface area contributed by atoms with Crippen LogP contribution < -0.4 is 19.6 Å². The van der Waals surface area contributed by atoms with Crippen molar-refractivity contribution in [3.05, 3.63) is 51.5 Å². The minimum Gasteiger partial charge on any atom is -0.497 e. The first-order chi connectivity index (χ1) is 12.4. The van der Waals surface area contributed by atoms with Gasteiger partial charge in [-0.15, -0.1) is 0 Å². The third-order valence-corrected chi connectivity index (χ3v) is 4.06. The second kappa shape index (κ2) is 9.24. The second-order valence-corrected chi connectivity index (χ2v) is 6.47. The zero-order chi connectivity index (χ0) is 19.1. The van der Waals surface area contributed by atoms with Crippen molar-refractivity contribution in [2.75, 3.05) is 20.8 Å². The Labute approximate surface area is 161 Å². The molecule has 2 rings (SSSR count). The van der Waals surface area contributed by atoms with Gasteiger partial charge in [-0.2, -0.15) is 5.10 Å². The van der Waals surface area contributed by atoms with E-state index in [2.05, 4.69) is 26.5 Å². The van der Waals surface area contributed by atoms with Crippen LogP contribution in [0.3, 0.4) is 0 Å². The van der Waals surface area contributed by atoms with Gasteiger partial charge in [0.2, 0.25) is 0 Å². The monoisotopic (exact) mass is 420 g/mol. The Hall–Kier alpha value is -2.54. The Morgan fingerprint density at radius 1 is 1.15 bits per heavy atom. The van der Waals surface area contributed by atoms with E-state index in [1.807, 2.05) is 26.0 Å². The Morgan fingerprint density at radius 2 is 1.85 bits per heavy atom. The summed E-state index contributed by atoms with van der Waals surface area (Å²) in [6.45, 7) is 3.73. The van der Waals surface area contributed by atoms with Crippen molar-refractivity contribution in [2.24, 2.45) is 5.10 Å². The SMILES string of the molecule is COc1ccc(/C=N/NC(=O)COc2c(C)cc(Br)cc2C)c(OC)c1. The molecule has 0 fully saturated rings.